The summed E-state index contributed by atoms with van der Waals surface area (Å²) in [5, 5.41) is 10.2. The fraction of sp³-hybridized carbons (Fsp3) is 0.630. The number of pyridine rings is 1. The van der Waals surface area contributed by atoms with Crippen molar-refractivity contribution < 1.29 is 23.1 Å². The SMILES string of the molecule is COc1cc(-c2cc(C(=O)N3CC[C@H](C(=O)NC4CCN(CCF)C(C)(C)C4)CC34CC4)n[nH]2)c(F)cn1. The lowest BCUT2D eigenvalue weighted by atomic mass is 9.85. The number of nitrogens with one attached hydrogen (secondary N) is 2. The summed E-state index contributed by atoms with van der Waals surface area (Å²) in [5.74, 6) is -0.605. The Morgan fingerprint density at radius 1 is 1.21 bits per heavy atom. The second kappa shape index (κ2) is 10.2. The van der Waals surface area contributed by atoms with E-state index in [1.54, 1.807) is 6.07 Å². The Morgan fingerprint density at radius 3 is 2.68 bits per heavy atom. The summed E-state index contributed by atoms with van der Waals surface area (Å²) in [5.41, 5.74) is 0.310. The molecule has 38 heavy (non-hydrogen) atoms. The highest BCUT2D eigenvalue weighted by molar-refractivity contribution is 5.94. The molecule has 5 rings (SSSR count). The predicted molar refractivity (Wildman–Crippen MR) is 137 cm³/mol. The molecule has 3 fully saturated rings. The molecule has 206 valence electrons. The number of likely N-dealkylation sites (tertiary alicyclic amines) is 2. The van der Waals surface area contributed by atoms with Crippen LogP contribution in [0.1, 0.15) is 62.9 Å². The van der Waals surface area contributed by atoms with E-state index in [-0.39, 0.29) is 58.7 Å². The second-order valence-electron chi connectivity index (χ2n) is 11.4. The topological polar surface area (TPSA) is 103 Å². The summed E-state index contributed by atoms with van der Waals surface area (Å²) in [4.78, 5) is 34.5. The Bertz CT molecular complexity index is 1200. The molecule has 2 aliphatic heterocycles. The molecule has 1 unspecified atom stereocenters. The lowest BCUT2D eigenvalue weighted by Gasteiger charge is -2.46. The number of alkyl halides is 1. The smallest absolute Gasteiger partial charge is 0.274 e. The number of H-pyrrole nitrogens is 1. The molecule has 0 bridgehead atoms. The molecule has 2 N–H and O–H groups in total. The molecule has 2 aromatic heterocycles. The van der Waals surface area contributed by atoms with Crippen molar-refractivity contribution in [3.05, 3.63) is 29.8 Å². The van der Waals surface area contributed by atoms with Gasteiger partial charge in [-0.3, -0.25) is 19.6 Å². The Balaban J connectivity index is 1.22. The van der Waals surface area contributed by atoms with Gasteiger partial charge in [-0.2, -0.15) is 5.10 Å². The highest BCUT2D eigenvalue weighted by Gasteiger charge is 2.55. The molecular weight excluding hydrogens is 494 g/mol. The number of piperidine rings is 2. The fourth-order valence-corrected chi connectivity index (χ4v) is 6.20. The van der Waals surface area contributed by atoms with Crippen LogP contribution in [0.5, 0.6) is 5.88 Å². The van der Waals surface area contributed by atoms with Crippen LogP contribution in [0.3, 0.4) is 0 Å². The molecular formula is C27H36F2N6O3. The molecule has 0 radical (unpaired) electrons. The number of rotatable bonds is 7. The molecule has 1 saturated carbocycles. The number of carbonyl (C=O) groups excluding carboxylic acids is 2. The zero-order valence-electron chi connectivity index (χ0n) is 22.2. The Kier molecular flexibility index (Phi) is 7.15. The summed E-state index contributed by atoms with van der Waals surface area (Å²) < 4.78 is 32.3. The van der Waals surface area contributed by atoms with Crippen LogP contribution in [0.25, 0.3) is 11.3 Å². The molecule has 4 heterocycles. The molecule has 2 amide bonds. The standard InChI is InChI=1S/C27H36F2N6O3/c1-26(2)15-18(5-9-34(26)11-8-28)31-24(36)17-4-10-35(27(14-17)6-7-27)25(37)22-13-21(32-33-22)19-12-23(38-3)30-16-20(19)29/h12-13,16-18H,4-11,14-15H2,1-3H3,(H,31,36)(H,32,33)/t17-,18?/m0/s1. The Hall–Kier alpha value is -3.08. The second-order valence-corrected chi connectivity index (χ2v) is 11.4. The van der Waals surface area contributed by atoms with Crippen LogP contribution in [0.15, 0.2) is 18.3 Å². The van der Waals surface area contributed by atoms with E-state index in [0.29, 0.717) is 31.6 Å². The van der Waals surface area contributed by atoms with Crippen molar-refractivity contribution in [2.24, 2.45) is 5.92 Å². The lowest BCUT2D eigenvalue weighted by molar-refractivity contribution is -0.128. The van der Waals surface area contributed by atoms with Crippen LogP contribution in [0.2, 0.25) is 0 Å². The predicted octanol–water partition coefficient (Wildman–Crippen LogP) is 3.33. The minimum absolute atomic E-state index is 0.0484. The van der Waals surface area contributed by atoms with Gasteiger partial charge in [0.05, 0.1) is 19.0 Å². The minimum atomic E-state index is -0.546. The molecule has 1 spiro atoms. The number of amides is 2. The third-order valence-corrected chi connectivity index (χ3v) is 8.52. The molecule has 2 saturated heterocycles. The number of aromatic amines is 1. The fourth-order valence-electron chi connectivity index (χ4n) is 6.20. The summed E-state index contributed by atoms with van der Waals surface area (Å²) in [7, 11) is 1.45. The van der Waals surface area contributed by atoms with Gasteiger partial charge < -0.3 is 15.0 Å². The number of carbonyl (C=O) groups is 2. The maximum absolute atomic E-state index is 14.4. The summed E-state index contributed by atoms with van der Waals surface area (Å²) in [6.07, 6.45) is 5.57. The van der Waals surface area contributed by atoms with E-state index in [2.05, 4.69) is 39.2 Å². The highest BCUT2D eigenvalue weighted by Crippen LogP contribution is 2.50. The van der Waals surface area contributed by atoms with Gasteiger partial charge in [-0.25, -0.2) is 13.8 Å². The average molecular weight is 531 g/mol. The molecule has 1 aliphatic carbocycles. The molecule has 2 aromatic rings. The number of nitrogens with zero attached hydrogens (tertiary/aromatic N) is 4. The van der Waals surface area contributed by atoms with E-state index >= 15 is 0 Å². The van der Waals surface area contributed by atoms with Crippen molar-refractivity contribution in [2.45, 2.75) is 69.5 Å². The van der Waals surface area contributed by atoms with Gasteiger partial charge in [0, 0.05) is 54.3 Å². The van der Waals surface area contributed by atoms with Crippen molar-refractivity contribution in [2.75, 3.05) is 33.4 Å². The molecule has 2 atom stereocenters. The highest BCUT2D eigenvalue weighted by atomic mass is 19.1. The first-order valence-corrected chi connectivity index (χ1v) is 13.3. The monoisotopic (exact) mass is 530 g/mol. The van der Waals surface area contributed by atoms with Gasteiger partial charge >= 0.3 is 0 Å². The van der Waals surface area contributed by atoms with Crippen molar-refractivity contribution in [1.82, 2.24) is 30.3 Å². The van der Waals surface area contributed by atoms with Crippen LogP contribution in [0.4, 0.5) is 8.78 Å². The van der Waals surface area contributed by atoms with Gasteiger partial charge in [0.2, 0.25) is 11.8 Å². The zero-order valence-corrected chi connectivity index (χ0v) is 22.2. The van der Waals surface area contributed by atoms with Crippen molar-refractivity contribution in [3.63, 3.8) is 0 Å². The Labute approximate surface area is 221 Å². The maximum atomic E-state index is 14.4. The molecule has 0 aromatic carbocycles. The summed E-state index contributed by atoms with van der Waals surface area (Å²) >= 11 is 0. The van der Waals surface area contributed by atoms with E-state index in [1.165, 1.54) is 13.2 Å². The van der Waals surface area contributed by atoms with E-state index in [4.69, 9.17) is 4.74 Å². The van der Waals surface area contributed by atoms with Crippen LogP contribution in [-0.4, -0.2) is 87.3 Å². The van der Waals surface area contributed by atoms with Gasteiger partial charge in [0.15, 0.2) is 11.5 Å². The normalized spacial score (nSPS) is 24.3. The number of hydrogen-bond acceptors (Lipinski definition) is 6. The van der Waals surface area contributed by atoms with Crippen LogP contribution < -0.4 is 10.1 Å². The van der Waals surface area contributed by atoms with E-state index in [9.17, 15) is 18.4 Å². The number of aromatic nitrogens is 3. The number of halogens is 2. The quantitative estimate of drug-likeness (QED) is 0.569. The van der Waals surface area contributed by atoms with Gasteiger partial charge in [-0.05, 0) is 58.4 Å². The zero-order chi connectivity index (χ0) is 27.1. The lowest BCUT2D eigenvalue weighted by Crippen LogP contribution is -2.57. The largest absolute Gasteiger partial charge is 0.481 e. The van der Waals surface area contributed by atoms with Crippen molar-refractivity contribution in [1.29, 1.82) is 0 Å². The van der Waals surface area contributed by atoms with Crippen molar-refractivity contribution in [3.8, 4) is 17.1 Å². The van der Waals surface area contributed by atoms with Crippen LogP contribution in [0, 0.1) is 11.7 Å². The maximum Gasteiger partial charge on any atom is 0.274 e. The van der Waals surface area contributed by atoms with Crippen molar-refractivity contribution >= 4 is 11.8 Å². The minimum Gasteiger partial charge on any atom is -0.481 e. The number of methoxy groups -OCH3 is 1. The third kappa shape index (κ3) is 5.12. The molecule has 9 nitrogen and oxygen atoms in total. The third-order valence-electron chi connectivity index (χ3n) is 8.52. The first-order chi connectivity index (χ1) is 18.2. The van der Waals surface area contributed by atoms with E-state index in [0.717, 1.165) is 38.4 Å². The molecule has 3 aliphatic rings. The van der Waals surface area contributed by atoms with Gasteiger partial charge in [-0.15, -0.1) is 0 Å². The molecule has 11 heteroatoms. The first kappa shape index (κ1) is 26.5. The van der Waals surface area contributed by atoms with E-state index in [1.807, 2.05) is 4.90 Å². The summed E-state index contributed by atoms with van der Waals surface area (Å²) in [6, 6.07) is 3.07. The number of hydrogen-bond donors (Lipinski definition) is 2. The first-order valence-electron chi connectivity index (χ1n) is 13.3. The van der Waals surface area contributed by atoms with E-state index < -0.39 is 5.82 Å². The summed E-state index contributed by atoms with van der Waals surface area (Å²) in [6.45, 7) is 5.49. The van der Waals surface area contributed by atoms with Crippen LogP contribution in [-0.2, 0) is 4.79 Å². The van der Waals surface area contributed by atoms with Gasteiger partial charge in [0.1, 0.15) is 6.67 Å². The Morgan fingerprint density at radius 2 is 2.00 bits per heavy atom. The van der Waals surface area contributed by atoms with Gasteiger partial charge in [0.25, 0.3) is 5.91 Å². The van der Waals surface area contributed by atoms with Crippen LogP contribution >= 0.6 is 0 Å². The average Bonchev–Trinajstić information content (AvgIpc) is 3.46. The van der Waals surface area contributed by atoms with Gasteiger partial charge in [-0.1, -0.05) is 0 Å². The number of ether oxygens (including phenoxy) is 1.